The lowest BCUT2D eigenvalue weighted by atomic mass is 10.3. The Labute approximate surface area is 171 Å². The van der Waals surface area contributed by atoms with Gasteiger partial charge in [0.2, 0.25) is 5.91 Å². The van der Waals surface area contributed by atoms with Gasteiger partial charge in [-0.25, -0.2) is 9.37 Å². The second-order valence-electron chi connectivity index (χ2n) is 6.28. The first-order valence-electron chi connectivity index (χ1n) is 8.81. The van der Waals surface area contributed by atoms with Gasteiger partial charge in [0, 0.05) is 7.05 Å². The van der Waals surface area contributed by atoms with E-state index in [1.807, 2.05) is 0 Å². The van der Waals surface area contributed by atoms with Gasteiger partial charge in [-0.3, -0.25) is 9.59 Å². The number of nitrogens with zero attached hydrogens (tertiary/aromatic N) is 2. The number of ether oxygens (including phenoxy) is 1. The number of amides is 2. The molecule has 0 spiro atoms. The first-order chi connectivity index (χ1) is 13.9. The highest BCUT2D eigenvalue weighted by Gasteiger charge is 2.21. The smallest absolute Gasteiger partial charge is 0.266 e. The van der Waals surface area contributed by atoms with E-state index in [0.29, 0.717) is 27.1 Å². The third kappa shape index (κ3) is 5.64. The van der Waals surface area contributed by atoms with Crippen molar-refractivity contribution in [2.75, 3.05) is 13.6 Å². The average Bonchev–Trinajstić information content (AvgIpc) is 3.35. The fraction of sp³-hybridized carbons (Fsp3) is 0.250. The maximum atomic E-state index is 12.9. The second kappa shape index (κ2) is 9.33. The summed E-state index contributed by atoms with van der Waals surface area (Å²) in [5.74, 6) is 0.223. The van der Waals surface area contributed by atoms with Crippen LogP contribution in [0.2, 0.25) is 0 Å². The maximum absolute atomic E-state index is 12.9. The Morgan fingerprint density at radius 3 is 2.72 bits per heavy atom. The lowest BCUT2D eigenvalue weighted by Crippen LogP contribution is -2.38. The zero-order valence-electron chi connectivity index (χ0n) is 16.0. The van der Waals surface area contributed by atoms with Crippen molar-refractivity contribution in [2.45, 2.75) is 20.1 Å². The molecule has 0 aliphatic carbocycles. The van der Waals surface area contributed by atoms with E-state index in [1.165, 1.54) is 46.8 Å². The van der Waals surface area contributed by atoms with Crippen LogP contribution in [0.3, 0.4) is 0 Å². The van der Waals surface area contributed by atoms with E-state index in [9.17, 15) is 14.0 Å². The fourth-order valence-corrected chi connectivity index (χ4v) is 3.48. The van der Waals surface area contributed by atoms with Crippen LogP contribution in [-0.2, 0) is 17.9 Å². The van der Waals surface area contributed by atoms with Crippen molar-refractivity contribution < 1.29 is 23.1 Å². The summed E-state index contributed by atoms with van der Waals surface area (Å²) in [6.07, 6.45) is 1.53. The molecule has 0 radical (unpaired) electrons. The van der Waals surface area contributed by atoms with Crippen LogP contribution in [0.25, 0.3) is 0 Å². The third-order valence-corrected chi connectivity index (χ3v) is 5.10. The molecule has 9 heteroatoms. The number of carbonyl (C=O) groups excluding carboxylic acids is 2. The van der Waals surface area contributed by atoms with Gasteiger partial charge in [0.05, 0.1) is 25.0 Å². The molecular weight excluding hydrogens is 397 g/mol. The number of benzene rings is 1. The van der Waals surface area contributed by atoms with Crippen LogP contribution in [0.4, 0.5) is 4.39 Å². The molecule has 2 aromatic heterocycles. The number of aromatic nitrogens is 1. The van der Waals surface area contributed by atoms with Crippen molar-refractivity contribution in [3.05, 3.63) is 69.8 Å². The Kier molecular flexibility index (Phi) is 6.61. The molecule has 3 rings (SSSR count). The predicted octanol–water partition coefficient (Wildman–Crippen LogP) is 3.15. The molecular formula is C20H20FN3O4S. The number of furan rings is 1. The van der Waals surface area contributed by atoms with Crippen molar-refractivity contribution in [3.63, 3.8) is 0 Å². The van der Waals surface area contributed by atoms with Crippen LogP contribution in [0.1, 0.15) is 26.1 Å². The summed E-state index contributed by atoms with van der Waals surface area (Å²) < 4.78 is 23.7. The van der Waals surface area contributed by atoms with Gasteiger partial charge in [-0.2, -0.15) is 0 Å². The van der Waals surface area contributed by atoms with Gasteiger partial charge in [-0.15, -0.1) is 11.3 Å². The van der Waals surface area contributed by atoms with Gasteiger partial charge in [-0.05, 0) is 43.3 Å². The van der Waals surface area contributed by atoms with E-state index in [4.69, 9.17) is 9.15 Å². The van der Waals surface area contributed by atoms with E-state index in [0.717, 1.165) is 0 Å². The quantitative estimate of drug-likeness (QED) is 0.609. The van der Waals surface area contributed by atoms with Crippen molar-refractivity contribution in [3.8, 4) is 5.75 Å². The van der Waals surface area contributed by atoms with Crippen LogP contribution in [0.15, 0.2) is 47.1 Å². The first-order valence-corrected chi connectivity index (χ1v) is 9.63. The summed E-state index contributed by atoms with van der Waals surface area (Å²) in [4.78, 5) is 30.9. The van der Waals surface area contributed by atoms with Crippen LogP contribution >= 0.6 is 11.3 Å². The number of thiazole rings is 1. The molecule has 152 valence electrons. The zero-order valence-corrected chi connectivity index (χ0v) is 16.8. The number of likely N-dealkylation sites (N-methyl/N-ethyl adjacent to an activating group) is 1. The number of hydrogen-bond acceptors (Lipinski definition) is 6. The van der Waals surface area contributed by atoms with Gasteiger partial charge in [0.25, 0.3) is 5.91 Å². The molecule has 0 unspecified atom stereocenters. The highest BCUT2D eigenvalue weighted by atomic mass is 32.1. The molecule has 1 aromatic carbocycles. The summed E-state index contributed by atoms with van der Waals surface area (Å²) >= 11 is 1.21. The Morgan fingerprint density at radius 1 is 1.28 bits per heavy atom. The zero-order chi connectivity index (χ0) is 20.8. The fourth-order valence-electron chi connectivity index (χ4n) is 2.50. The lowest BCUT2D eigenvalue weighted by Gasteiger charge is -2.15. The minimum Gasteiger partial charge on any atom is -0.486 e. The van der Waals surface area contributed by atoms with Crippen LogP contribution in [0, 0.1) is 12.7 Å². The van der Waals surface area contributed by atoms with E-state index < -0.39 is 0 Å². The maximum Gasteiger partial charge on any atom is 0.266 e. The summed E-state index contributed by atoms with van der Waals surface area (Å²) in [6.45, 7) is 2.07. The minimum absolute atomic E-state index is 0.0850. The van der Waals surface area contributed by atoms with Crippen molar-refractivity contribution in [1.29, 1.82) is 0 Å². The monoisotopic (exact) mass is 417 g/mol. The Hall–Kier alpha value is -3.20. The number of aryl methyl sites for hydroxylation is 1. The van der Waals surface area contributed by atoms with E-state index in [2.05, 4.69) is 10.3 Å². The molecule has 2 heterocycles. The second-order valence-corrected chi connectivity index (χ2v) is 7.37. The standard InChI is InChI=1S/C20H20FN3O4S/c1-13-19(29-18(23-13)12-28-15-7-5-14(21)6-8-15)20(26)24(2)11-17(25)22-10-16-4-3-9-27-16/h3-9H,10-12H2,1-2H3,(H,22,25). The first kappa shape index (κ1) is 20.5. The van der Waals surface area contributed by atoms with E-state index in [1.54, 1.807) is 26.1 Å². The normalized spacial score (nSPS) is 10.6. The van der Waals surface area contributed by atoms with Gasteiger partial charge in [0.15, 0.2) is 0 Å². The van der Waals surface area contributed by atoms with Crippen molar-refractivity contribution >= 4 is 23.2 Å². The lowest BCUT2D eigenvalue weighted by molar-refractivity contribution is -0.121. The Bertz CT molecular complexity index is 970. The van der Waals surface area contributed by atoms with Crippen LogP contribution < -0.4 is 10.1 Å². The van der Waals surface area contributed by atoms with Crippen LogP contribution in [-0.4, -0.2) is 35.3 Å². The minimum atomic E-state index is -0.341. The number of halogens is 1. The third-order valence-electron chi connectivity index (χ3n) is 3.98. The van der Waals surface area contributed by atoms with Gasteiger partial charge in [0.1, 0.15) is 33.8 Å². The van der Waals surface area contributed by atoms with E-state index in [-0.39, 0.29) is 37.3 Å². The summed E-state index contributed by atoms with van der Waals surface area (Å²) in [5.41, 5.74) is 0.570. The Morgan fingerprint density at radius 2 is 2.03 bits per heavy atom. The highest BCUT2D eigenvalue weighted by Crippen LogP contribution is 2.22. The molecule has 0 fully saturated rings. The number of rotatable bonds is 8. The van der Waals surface area contributed by atoms with E-state index >= 15 is 0 Å². The predicted molar refractivity (Wildman–Crippen MR) is 105 cm³/mol. The highest BCUT2D eigenvalue weighted by molar-refractivity contribution is 7.13. The van der Waals surface area contributed by atoms with Crippen LogP contribution in [0.5, 0.6) is 5.75 Å². The SMILES string of the molecule is Cc1nc(COc2ccc(F)cc2)sc1C(=O)N(C)CC(=O)NCc1ccco1. The molecule has 0 atom stereocenters. The topological polar surface area (TPSA) is 84.7 Å². The summed E-state index contributed by atoms with van der Waals surface area (Å²) in [6, 6.07) is 9.16. The molecule has 1 N–H and O–H groups in total. The molecule has 2 amide bonds. The Balaban J connectivity index is 1.54. The molecule has 0 bridgehead atoms. The molecule has 29 heavy (non-hydrogen) atoms. The number of carbonyl (C=O) groups is 2. The molecule has 0 saturated carbocycles. The molecule has 0 aliphatic rings. The molecule has 7 nitrogen and oxygen atoms in total. The average molecular weight is 417 g/mol. The molecule has 3 aromatic rings. The van der Waals surface area contributed by atoms with Crippen molar-refractivity contribution in [2.24, 2.45) is 0 Å². The molecule has 0 saturated heterocycles. The molecule has 0 aliphatic heterocycles. The van der Waals surface area contributed by atoms with Gasteiger partial charge >= 0.3 is 0 Å². The number of hydrogen-bond donors (Lipinski definition) is 1. The number of nitrogens with one attached hydrogen (secondary N) is 1. The largest absolute Gasteiger partial charge is 0.486 e. The van der Waals surface area contributed by atoms with Gasteiger partial charge < -0.3 is 19.4 Å². The van der Waals surface area contributed by atoms with Gasteiger partial charge in [-0.1, -0.05) is 0 Å². The summed E-state index contributed by atoms with van der Waals surface area (Å²) in [5, 5.41) is 3.32. The summed E-state index contributed by atoms with van der Waals surface area (Å²) in [7, 11) is 1.56. The van der Waals surface area contributed by atoms with Crippen molar-refractivity contribution in [1.82, 2.24) is 15.2 Å².